The molecule has 2 rings (SSSR count). The summed E-state index contributed by atoms with van der Waals surface area (Å²) in [5, 5.41) is 2.60. The molecule has 1 aliphatic rings. The second-order valence-electron chi connectivity index (χ2n) is 5.57. The lowest BCUT2D eigenvalue weighted by molar-refractivity contribution is -0.115. The summed E-state index contributed by atoms with van der Waals surface area (Å²) in [5.41, 5.74) is 0.951. The van der Waals surface area contributed by atoms with E-state index in [1.54, 1.807) is 24.3 Å². The van der Waals surface area contributed by atoms with Gasteiger partial charge in [0.1, 0.15) is 9.84 Å². The highest BCUT2D eigenvalue weighted by Gasteiger charge is 2.26. The van der Waals surface area contributed by atoms with Gasteiger partial charge in [-0.3, -0.25) is 9.10 Å². The van der Waals surface area contributed by atoms with E-state index < -0.39 is 25.8 Å². The smallest absolute Gasteiger partial charge is 0.235 e. The number of anilines is 2. The molecule has 1 heterocycles. The van der Waals surface area contributed by atoms with Gasteiger partial charge in [0.05, 0.1) is 17.2 Å². The van der Waals surface area contributed by atoms with Crippen LogP contribution in [-0.4, -0.2) is 47.0 Å². The molecule has 0 bridgehead atoms. The molecular formula is C14H20N2O5S2. The molecule has 9 heteroatoms. The average molecular weight is 360 g/mol. The number of sulfonamides is 1. The molecular weight excluding hydrogens is 340 g/mol. The van der Waals surface area contributed by atoms with Crippen molar-refractivity contribution in [3.8, 4) is 0 Å². The number of carbonyl (C=O) groups is 1. The van der Waals surface area contributed by atoms with Gasteiger partial charge in [0.15, 0.2) is 0 Å². The van der Waals surface area contributed by atoms with E-state index >= 15 is 0 Å². The molecule has 0 aliphatic carbocycles. The third kappa shape index (κ3) is 5.21. The number of nitrogens with one attached hydrogen (secondary N) is 1. The van der Waals surface area contributed by atoms with Crippen molar-refractivity contribution < 1.29 is 21.6 Å². The van der Waals surface area contributed by atoms with E-state index in [2.05, 4.69) is 5.32 Å². The van der Waals surface area contributed by atoms with E-state index in [-0.39, 0.29) is 17.9 Å². The van der Waals surface area contributed by atoms with Gasteiger partial charge in [-0.25, -0.2) is 16.8 Å². The minimum atomic E-state index is -3.31. The molecule has 1 fully saturated rings. The first-order valence-corrected chi connectivity index (χ1v) is 10.9. The third-order valence-corrected chi connectivity index (χ3v) is 6.28. The van der Waals surface area contributed by atoms with Crippen LogP contribution in [-0.2, 0) is 24.7 Å². The van der Waals surface area contributed by atoms with Crippen molar-refractivity contribution in [3.63, 3.8) is 0 Å². The van der Waals surface area contributed by atoms with Crippen LogP contribution in [0, 0.1) is 0 Å². The topological polar surface area (TPSA) is 101 Å². The van der Waals surface area contributed by atoms with E-state index in [0.29, 0.717) is 24.3 Å². The quantitative estimate of drug-likeness (QED) is 0.844. The second-order valence-corrected chi connectivity index (χ2v) is 9.85. The van der Waals surface area contributed by atoms with Crippen LogP contribution in [0.2, 0.25) is 0 Å². The van der Waals surface area contributed by atoms with Gasteiger partial charge < -0.3 is 5.32 Å². The number of sulfone groups is 1. The first-order chi connectivity index (χ1) is 10.7. The molecule has 1 saturated heterocycles. The lowest BCUT2D eigenvalue weighted by Crippen LogP contribution is -2.37. The van der Waals surface area contributed by atoms with Crippen LogP contribution in [0.25, 0.3) is 0 Å². The van der Waals surface area contributed by atoms with Gasteiger partial charge in [-0.2, -0.15) is 0 Å². The maximum Gasteiger partial charge on any atom is 0.235 e. The zero-order chi connectivity index (χ0) is 17.1. The Hall–Kier alpha value is -1.61. The monoisotopic (exact) mass is 360 g/mol. The van der Waals surface area contributed by atoms with Crippen LogP contribution in [0.4, 0.5) is 11.4 Å². The molecule has 1 amide bonds. The summed E-state index contributed by atoms with van der Waals surface area (Å²) >= 11 is 0. The summed E-state index contributed by atoms with van der Waals surface area (Å²) in [6.07, 6.45) is 2.39. The number of carbonyl (C=O) groups excluding carboxylic acids is 1. The fourth-order valence-electron chi connectivity index (χ4n) is 2.32. The molecule has 1 aromatic carbocycles. The highest BCUT2D eigenvalue weighted by atomic mass is 32.2. The fourth-order valence-corrected chi connectivity index (χ4v) is 4.51. The zero-order valence-corrected chi connectivity index (χ0v) is 14.5. The van der Waals surface area contributed by atoms with Gasteiger partial charge >= 0.3 is 0 Å². The molecule has 0 spiro atoms. The SMILES string of the molecule is CS(=O)(=O)CCC(=O)Nc1cccc(N2CCCCS2(=O)=O)c1. The maximum atomic E-state index is 12.1. The molecule has 23 heavy (non-hydrogen) atoms. The lowest BCUT2D eigenvalue weighted by Gasteiger charge is -2.28. The van der Waals surface area contributed by atoms with Crippen LogP contribution >= 0.6 is 0 Å². The zero-order valence-electron chi connectivity index (χ0n) is 12.9. The lowest BCUT2D eigenvalue weighted by atomic mass is 10.2. The maximum absolute atomic E-state index is 12.1. The minimum absolute atomic E-state index is 0.123. The Morgan fingerprint density at radius 3 is 2.70 bits per heavy atom. The van der Waals surface area contributed by atoms with E-state index in [9.17, 15) is 21.6 Å². The average Bonchev–Trinajstić information content (AvgIpc) is 2.44. The van der Waals surface area contributed by atoms with Crippen molar-refractivity contribution >= 4 is 37.1 Å². The number of amides is 1. The van der Waals surface area contributed by atoms with Crippen LogP contribution in [0.1, 0.15) is 19.3 Å². The molecule has 0 saturated carbocycles. The number of benzene rings is 1. The first kappa shape index (κ1) is 17.7. The third-order valence-electron chi connectivity index (χ3n) is 3.47. The fraction of sp³-hybridized carbons (Fsp3) is 0.500. The Kier molecular flexibility index (Phi) is 5.30. The van der Waals surface area contributed by atoms with Crippen molar-refractivity contribution in [3.05, 3.63) is 24.3 Å². The Labute approximate surface area is 136 Å². The molecule has 1 aliphatic heterocycles. The molecule has 0 radical (unpaired) electrons. The molecule has 1 N–H and O–H groups in total. The van der Waals surface area contributed by atoms with Crippen molar-refractivity contribution in [2.75, 3.05) is 33.9 Å². The van der Waals surface area contributed by atoms with Gasteiger partial charge in [0, 0.05) is 24.9 Å². The van der Waals surface area contributed by atoms with Gasteiger partial charge in [-0.15, -0.1) is 0 Å². The summed E-state index contributed by atoms with van der Waals surface area (Å²) < 4.78 is 47.7. The molecule has 7 nitrogen and oxygen atoms in total. The largest absolute Gasteiger partial charge is 0.326 e. The van der Waals surface area contributed by atoms with Gasteiger partial charge in [0.25, 0.3) is 0 Å². The van der Waals surface area contributed by atoms with Crippen molar-refractivity contribution in [2.24, 2.45) is 0 Å². The summed E-state index contributed by atoms with van der Waals surface area (Å²) in [4.78, 5) is 11.8. The number of hydrogen-bond acceptors (Lipinski definition) is 5. The minimum Gasteiger partial charge on any atom is -0.326 e. The van der Waals surface area contributed by atoms with Crippen LogP contribution < -0.4 is 9.62 Å². The highest BCUT2D eigenvalue weighted by Crippen LogP contribution is 2.26. The first-order valence-electron chi connectivity index (χ1n) is 7.25. The summed E-state index contributed by atoms with van der Waals surface area (Å²) in [7, 11) is -6.51. The second kappa shape index (κ2) is 6.88. The van der Waals surface area contributed by atoms with E-state index in [1.165, 1.54) is 4.31 Å². The van der Waals surface area contributed by atoms with Gasteiger partial charge in [-0.1, -0.05) is 6.07 Å². The predicted octanol–water partition coefficient (Wildman–Crippen LogP) is 0.990. The van der Waals surface area contributed by atoms with Crippen molar-refractivity contribution in [2.45, 2.75) is 19.3 Å². The number of nitrogens with zero attached hydrogens (tertiary/aromatic N) is 1. The molecule has 0 unspecified atom stereocenters. The van der Waals surface area contributed by atoms with E-state index in [1.807, 2.05) is 0 Å². The van der Waals surface area contributed by atoms with E-state index in [0.717, 1.165) is 12.7 Å². The molecule has 1 aromatic rings. The molecule has 0 aromatic heterocycles. The standard InChI is InChI=1S/C14H20N2O5S2/c1-22(18,19)10-7-14(17)15-12-5-4-6-13(11-12)16-8-2-3-9-23(16,20)21/h4-6,11H,2-3,7-10H2,1H3,(H,15,17). The molecule has 128 valence electrons. The van der Waals surface area contributed by atoms with Crippen LogP contribution in [0.15, 0.2) is 24.3 Å². The Morgan fingerprint density at radius 2 is 2.04 bits per heavy atom. The predicted molar refractivity (Wildman–Crippen MR) is 89.8 cm³/mol. The van der Waals surface area contributed by atoms with Crippen LogP contribution in [0.5, 0.6) is 0 Å². The number of hydrogen-bond donors (Lipinski definition) is 1. The van der Waals surface area contributed by atoms with Crippen molar-refractivity contribution in [1.29, 1.82) is 0 Å². The van der Waals surface area contributed by atoms with E-state index in [4.69, 9.17) is 0 Å². The normalized spacial score (nSPS) is 17.7. The Balaban J connectivity index is 2.09. The molecule has 0 atom stereocenters. The van der Waals surface area contributed by atoms with Gasteiger partial charge in [0.2, 0.25) is 15.9 Å². The van der Waals surface area contributed by atoms with Crippen LogP contribution in [0.3, 0.4) is 0 Å². The highest BCUT2D eigenvalue weighted by molar-refractivity contribution is 7.92. The Bertz CT molecular complexity index is 787. The Morgan fingerprint density at radius 1 is 1.30 bits per heavy atom. The van der Waals surface area contributed by atoms with Gasteiger partial charge in [-0.05, 0) is 31.0 Å². The summed E-state index contributed by atoms with van der Waals surface area (Å²) in [5.74, 6) is -0.522. The summed E-state index contributed by atoms with van der Waals surface area (Å²) in [6.45, 7) is 0.424. The van der Waals surface area contributed by atoms with Crippen molar-refractivity contribution in [1.82, 2.24) is 0 Å². The number of rotatable bonds is 5. The summed E-state index contributed by atoms with van der Waals surface area (Å²) in [6, 6.07) is 6.56.